The van der Waals surface area contributed by atoms with Gasteiger partial charge in [-0.15, -0.1) is 0 Å². The second-order valence-electron chi connectivity index (χ2n) is 3.54. The smallest absolute Gasteiger partial charge is 0.0630 e. The zero-order valence-electron chi connectivity index (χ0n) is 6.81. The minimum absolute atomic E-state index is 0.740. The van der Waals surface area contributed by atoms with Crippen molar-refractivity contribution in [3.63, 3.8) is 0 Å². The van der Waals surface area contributed by atoms with Gasteiger partial charge in [-0.1, -0.05) is 26.6 Å². The molecule has 0 aliphatic heterocycles. The van der Waals surface area contributed by atoms with E-state index in [4.69, 9.17) is 5.21 Å². The minimum Gasteiger partial charge on any atom is -0.314 e. The van der Waals surface area contributed by atoms with E-state index in [1.54, 1.807) is 0 Å². The van der Waals surface area contributed by atoms with Gasteiger partial charge in [-0.05, 0) is 0 Å². The van der Waals surface area contributed by atoms with Crippen LogP contribution in [0.5, 0.6) is 0 Å². The van der Waals surface area contributed by atoms with Crippen LogP contribution in [0.4, 0.5) is 0 Å². The van der Waals surface area contributed by atoms with Crippen molar-refractivity contribution in [2.75, 3.05) is 12.7 Å². The van der Waals surface area contributed by atoms with Gasteiger partial charge in [0.25, 0.3) is 0 Å². The summed E-state index contributed by atoms with van der Waals surface area (Å²) in [5, 5.41) is 10.5. The van der Waals surface area contributed by atoms with Crippen molar-refractivity contribution >= 4 is 8.07 Å². The van der Waals surface area contributed by atoms with Crippen LogP contribution in [0, 0.1) is 0 Å². The number of nitrogens with zero attached hydrogens (tertiary/aromatic N) is 1. The Kier molecular flexibility index (Phi) is 3.39. The van der Waals surface area contributed by atoms with Crippen LogP contribution in [-0.2, 0) is 0 Å². The van der Waals surface area contributed by atoms with Crippen LogP contribution in [0.1, 0.15) is 6.92 Å². The zero-order chi connectivity index (χ0) is 7.49. The Morgan fingerprint density at radius 2 is 1.78 bits per heavy atom. The summed E-state index contributed by atoms with van der Waals surface area (Å²) in [6.07, 6.45) is 0.878. The molecule has 0 atom stereocenters. The quantitative estimate of drug-likeness (QED) is 0.484. The third kappa shape index (κ3) is 6.02. The lowest BCUT2D eigenvalue weighted by Crippen LogP contribution is -2.38. The van der Waals surface area contributed by atoms with Crippen LogP contribution >= 0.6 is 0 Å². The van der Waals surface area contributed by atoms with Gasteiger partial charge in [0.1, 0.15) is 0 Å². The molecular weight excluding hydrogens is 130 g/mol. The molecule has 0 saturated carbocycles. The molecule has 0 heterocycles. The van der Waals surface area contributed by atoms with Crippen LogP contribution in [0.3, 0.4) is 0 Å². The van der Waals surface area contributed by atoms with Crippen LogP contribution in [-0.4, -0.2) is 31.1 Å². The molecule has 0 aromatic carbocycles. The van der Waals surface area contributed by atoms with Crippen molar-refractivity contribution in [1.29, 1.82) is 0 Å². The molecule has 0 aromatic heterocycles. The molecule has 0 aromatic rings. The molecule has 0 radical (unpaired) electrons. The van der Waals surface area contributed by atoms with E-state index in [9.17, 15) is 0 Å². The first-order valence-electron chi connectivity index (χ1n) is 3.39. The van der Waals surface area contributed by atoms with Crippen LogP contribution < -0.4 is 0 Å². The lowest BCUT2D eigenvalue weighted by molar-refractivity contribution is -0.0706. The molecule has 0 unspecified atom stereocenters. The van der Waals surface area contributed by atoms with E-state index in [0.717, 1.165) is 12.7 Å². The normalized spacial score (nSPS) is 12.7. The molecule has 0 rings (SSSR count). The van der Waals surface area contributed by atoms with E-state index < -0.39 is 8.07 Å². The molecule has 9 heavy (non-hydrogen) atoms. The zero-order valence-corrected chi connectivity index (χ0v) is 7.81. The molecule has 1 N–H and O–H groups in total. The first kappa shape index (κ1) is 9.14. The molecule has 0 fully saturated rings. The third-order valence-electron chi connectivity index (χ3n) is 1.02. The molecule has 0 bridgehead atoms. The van der Waals surface area contributed by atoms with Crippen LogP contribution in [0.15, 0.2) is 0 Å². The van der Waals surface area contributed by atoms with E-state index in [1.165, 1.54) is 5.06 Å². The number of hydrogen-bond acceptors (Lipinski definition) is 2. The molecule has 2 nitrogen and oxygen atoms in total. The van der Waals surface area contributed by atoms with Gasteiger partial charge in [-0.3, -0.25) is 0 Å². The van der Waals surface area contributed by atoms with Gasteiger partial charge in [0.05, 0.1) is 8.07 Å². The maximum absolute atomic E-state index is 9.06. The Bertz CT molecular complexity index is 79.6. The van der Waals surface area contributed by atoms with Crippen molar-refractivity contribution in [3.05, 3.63) is 0 Å². The highest BCUT2D eigenvalue weighted by atomic mass is 28.3. The fourth-order valence-corrected chi connectivity index (χ4v) is 1.98. The summed E-state index contributed by atoms with van der Waals surface area (Å²) in [6.45, 7) is 9.42. The maximum Gasteiger partial charge on any atom is 0.0630 e. The molecule has 0 saturated heterocycles. The molecule has 0 spiro atoms. The highest BCUT2D eigenvalue weighted by molar-refractivity contribution is 6.76. The second kappa shape index (κ2) is 3.34. The standard InChI is InChI=1S/C6H17NOSi/c1-5-7(8)6-9(2,3)4/h8H,5-6H2,1-4H3. The Hall–Kier alpha value is 0.137. The van der Waals surface area contributed by atoms with Crippen molar-refractivity contribution < 1.29 is 5.21 Å². The van der Waals surface area contributed by atoms with Crippen molar-refractivity contribution in [2.24, 2.45) is 0 Å². The summed E-state index contributed by atoms with van der Waals surface area (Å²) in [5.41, 5.74) is 0. The first-order chi connectivity index (χ1) is 3.95. The highest BCUT2D eigenvalue weighted by Crippen LogP contribution is 2.01. The molecule has 56 valence electrons. The van der Waals surface area contributed by atoms with E-state index in [-0.39, 0.29) is 0 Å². The molecule has 0 amide bonds. The number of rotatable bonds is 3. The molecule has 0 aliphatic rings. The first-order valence-corrected chi connectivity index (χ1v) is 7.10. The van der Waals surface area contributed by atoms with Gasteiger partial charge in [0.15, 0.2) is 0 Å². The average Bonchev–Trinajstić information content (AvgIpc) is 1.62. The Morgan fingerprint density at radius 3 is 1.89 bits per heavy atom. The van der Waals surface area contributed by atoms with E-state index in [2.05, 4.69) is 19.6 Å². The molecular formula is C6H17NOSi. The fourth-order valence-electron chi connectivity index (χ4n) is 0.659. The van der Waals surface area contributed by atoms with Gasteiger partial charge < -0.3 is 5.21 Å². The number of hydroxylamine groups is 2. The monoisotopic (exact) mass is 147 g/mol. The molecule has 3 heteroatoms. The van der Waals surface area contributed by atoms with Gasteiger partial charge in [0, 0.05) is 12.7 Å². The summed E-state index contributed by atoms with van der Waals surface area (Å²) in [6, 6.07) is 0. The van der Waals surface area contributed by atoms with Crippen molar-refractivity contribution in [1.82, 2.24) is 5.06 Å². The predicted octanol–water partition coefficient (Wildman–Crippen LogP) is 1.57. The maximum atomic E-state index is 9.06. The summed E-state index contributed by atoms with van der Waals surface area (Å²) in [4.78, 5) is 0. The van der Waals surface area contributed by atoms with Gasteiger partial charge in [0.2, 0.25) is 0 Å². The van der Waals surface area contributed by atoms with Crippen molar-refractivity contribution in [3.8, 4) is 0 Å². The van der Waals surface area contributed by atoms with Gasteiger partial charge in [-0.25, -0.2) is 0 Å². The Balaban J connectivity index is 3.47. The van der Waals surface area contributed by atoms with Crippen LogP contribution in [0.25, 0.3) is 0 Å². The van der Waals surface area contributed by atoms with Gasteiger partial charge in [-0.2, -0.15) is 5.06 Å². The summed E-state index contributed by atoms with van der Waals surface area (Å²) in [5.74, 6) is 0. The topological polar surface area (TPSA) is 23.5 Å². The second-order valence-corrected chi connectivity index (χ2v) is 8.98. The minimum atomic E-state index is -1.07. The fraction of sp³-hybridized carbons (Fsp3) is 1.00. The predicted molar refractivity (Wildman–Crippen MR) is 42.4 cm³/mol. The highest BCUT2D eigenvalue weighted by Gasteiger charge is 2.15. The SMILES string of the molecule is CCN(O)C[Si](C)(C)C. The van der Waals surface area contributed by atoms with E-state index in [1.807, 2.05) is 6.92 Å². The Labute approximate surface area is 58.5 Å². The summed E-state index contributed by atoms with van der Waals surface area (Å²) < 4.78 is 0. The molecule has 0 aliphatic carbocycles. The summed E-state index contributed by atoms with van der Waals surface area (Å²) in [7, 11) is -1.07. The Morgan fingerprint density at radius 1 is 1.33 bits per heavy atom. The lowest BCUT2D eigenvalue weighted by Gasteiger charge is -2.21. The van der Waals surface area contributed by atoms with E-state index in [0.29, 0.717) is 0 Å². The summed E-state index contributed by atoms with van der Waals surface area (Å²) >= 11 is 0. The lowest BCUT2D eigenvalue weighted by atomic mass is 10.8. The van der Waals surface area contributed by atoms with Crippen LogP contribution in [0.2, 0.25) is 19.6 Å². The van der Waals surface area contributed by atoms with Crippen molar-refractivity contribution in [2.45, 2.75) is 26.6 Å². The third-order valence-corrected chi connectivity index (χ3v) is 2.34. The van der Waals surface area contributed by atoms with E-state index >= 15 is 0 Å². The van der Waals surface area contributed by atoms with Gasteiger partial charge >= 0.3 is 0 Å². The average molecular weight is 147 g/mol. The number of hydrogen-bond donors (Lipinski definition) is 1. The largest absolute Gasteiger partial charge is 0.314 e.